The maximum Gasteiger partial charge on any atom is 0.416 e. The third-order valence-electron chi connectivity index (χ3n) is 7.39. The fourth-order valence-electron chi connectivity index (χ4n) is 5.21. The van der Waals surface area contributed by atoms with Crippen LogP contribution in [-0.2, 0) is 46.4 Å². The number of amides is 1. The summed E-state index contributed by atoms with van der Waals surface area (Å²) >= 11 is 6.04. The Morgan fingerprint density at radius 3 is 2.12 bits per heavy atom. The molecule has 0 spiro atoms. The second-order valence-electron chi connectivity index (χ2n) is 10.5. The van der Waals surface area contributed by atoms with E-state index in [0.29, 0.717) is 34.7 Å². The minimum atomic E-state index is -4.39. The lowest BCUT2D eigenvalue weighted by Crippen LogP contribution is -2.56. The second kappa shape index (κ2) is 12.5. The number of halogens is 4. The normalized spacial score (nSPS) is 15.9. The van der Waals surface area contributed by atoms with E-state index in [4.69, 9.17) is 21.1 Å². The Labute approximate surface area is 252 Å². The van der Waals surface area contributed by atoms with Crippen LogP contribution in [-0.4, -0.2) is 24.0 Å². The molecule has 1 aliphatic rings. The number of hydrogen-bond acceptors (Lipinski definition) is 4. The Morgan fingerprint density at radius 1 is 0.837 bits per heavy atom. The van der Waals surface area contributed by atoms with Crippen LogP contribution in [0.3, 0.4) is 0 Å². The highest BCUT2D eigenvalue weighted by molar-refractivity contribution is 6.30. The summed E-state index contributed by atoms with van der Waals surface area (Å²) in [6, 6.07) is 25.2. The second-order valence-corrected chi connectivity index (χ2v) is 10.9. The number of alkyl halides is 3. The van der Waals surface area contributed by atoms with Gasteiger partial charge in [0.05, 0.1) is 18.6 Å². The number of fused-ring (bicyclic) bond motifs is 1. The van der Waals surface area contributed by atoms with Crippen LogP contribution < -0.4 is 10.1 Å². The van der Waals surface area contributed by atoms with Crippen LogP contribution >= 0.6 is 11.6 Å². The van der Waals surface area contributed by atoms with Crippen molar-refractivity contribution in [3.8, 4) is 16.9 Å². The van der Waals surface area contributed by atoms with E-state index in [1.54, 1.807) is 31.2 Å². The highest BCUT2D eigenvalue weighted by atomic mass is 35.5. The molecule has 0 aliphatic heterocycles. The van der Waals surface area contributed by atoms with E-state index in [9.17, 15) is 22.8 Å². The molecule has 5 rings (SSSR count). The van der Waals surface area contributed by atoms with E-state index in [2.05, 4.69) is 5.32 Å². The highest BCUT2D eigenvalue weighted by Gasteiger charge is 2.46. The number of esters is 1. The average Bonchev–Trinajstić information content (AvgIpc) is 3.35. The van der Waals surface area contributed by atoms with Gasteiger partial charge in [0, 0.05) is 17.9 Å². The van der Waals surface area contributed by atoms with Crippen LogP contribution in [0.25, 0.3) is 11.1 Å². The summed E-state index contributed by atoms with van der Waals surface area (Å²) < 4.78 is 49.4. The van der Waals surface area contributed by atoms with Crippen molar-refractivity contribution in [1.82, 2.24) is 5.32 Å². The molecule has 0 saturated heterocycles. The van der Waals surface area contributed by atoms with Gasteiger partial charge in [-0.25, -0.2) is 4.79 Å². The zero-order chi connectivity index (χ0) is 30.6. The van der Waals surface area contributed by atoms with Gasteiger partial charge in [-0.05, 0) is 76.7 Å². The fraction of sp³-hybridized carbons (Fsp3) is 0.235. The van der Waals surface area contributed by atoms with Crippen molar-refractivity contribution in [2.45, 2.75) is 44.5 Å². The molecule has 4 aromatic rings. The maximum atomic E-state index is 13.2. The molecule has 4 aromatic carbocycles. The summed E-state index contributed by atoms with van der Waals surface area (Å²) in [7, 11) is 0. The monoisotopic (exact) mass is 607 g/mol. The highest BCUT2D eigenvalue weighted by Crippen LogP contribution is 2.35. The Hall–Kier alpha value is -4.30. The lowest BCUT2D eigenvalue weighted by atomic mass is 9.95. The van der Waals surface area contributed by atoms with Gasteiger partial charge in [-0.15, -0.1) is 0 Å². The largest absolute Gasteiger partial charge is 0.489 e. The van der Waals surface area contributed by atoms with E-state index >= 15 is 0 Å². The molecule has 0 heterocycles. The zero-order valence-electron chi connectivity index (χ0n) is 23.3. The minimum absolute atomic E-state index is 0.0344. The Morgan fingerprint density at radius 2 is 1.47 bits per heavy atom. The molecule has 0 saturated carbocycles. The van der Waals surface area contributed by atoms with Crippen molar-refractivity contribution in [3.05, 3.63) is 124 Å². The molecule has 1 amide bonds. The van der Waals surface area contributed by atoms with Gasteiger partial charge in [0.2, 0.25) is 5.91 Å². The number of carbonyl (C=O) groups is 2. The molecular weight excluding hydrogens is 579 g/mol. The minimum Gasteiger partial charge on any atom is -0.489 e. The molecule has 43 heavy (non-hydrogen) atoms. The third kappa shape index (κ3) is 7.20. The van der Waals surface area contributed by atoms with Gasteiger partial charge >= 0.3 is 12.1 Å². The van der Waals surface area contributed by atoms with Crippen molar-refractivity contribution < 1.29 is 32.2 Å². The average molecular weight is 608 g/mol. The zero-order valence-corrected chi connectivity index (χ0v) is 24.1. The standard InChI is InChI=1S/C34H29ClF3NO4/c1-2-42-32(41)33(19-26-8-7-25(18-27(26)20-33)24-9-13-29(35)14-10-24)39-31(40)17-22-5-15-30(16-6-22)43-21-23-3-11-28(12-4-23)34(36,37)38/h3-16,18H,2,17,19-21H2,1H3,(H,39,40). The maximum absolute atomic E-state index is 13.2. The van der Waals surface area contributed by atoms with Gasteiger partial charge in [-0.2, -0.15) is 13.2 Å². The van der Waals surface area contributed by atoms with Crippen molar-refractivity contribution in [2.24, 2.45) is 0 Å². The lowest BCUT2D eigenvalue weighted by Gasteiger charge is -2.28. The van der Waals surface area contributed by atoms with Gasteiger partial charge in [0.1, 0.15) is 17.9 Å². The molecule has 0 bridgehead atoms. The van der Waals surface area contributed by atoms with E-state index in [1.165, 1.54) is 12.1 Å². The number of carbonyl (C=O) groups excluding carboxylic acids is 2. The van der Waals surface area contributed by atoms with Crippen molar-refractivity contribution >= 4 is 23.5 Å². The summed E-state index contributed by atoms with van der Waals surface area (Å²) in [5.41, 5.74) is 3.30. The summed E-state index contributed by atoms with van der Waals surface area (Å²) in [6.07, 6.45) is -3.72. The van der Waals surface area contributed by atoms with Gasteiger partial charge in [-0.1, -0.05) is 66.2 Å². The van der Waals surface area contributed by atoms with Crippen LogP contribution in [0.2, 0.25) is 5.02 Å². The number of benzene rings is 4. The van der Waals surface area contributed by atoms with Gasteiger partial charge < -0.3 is 14.8 Å². The molecule has 1 atom stereocenters. The van der Waals surface area contributed by atoms with E-state index in [-0.39, 0.29) is 25.5 Å². The summed E-state index contributed by atoms with van der Waals surface area (Å²) in [5, 5.41) is 3.62. The number of nitrogens with one attached hydrogen (secondary N) is 1. The summed E-state index contributed by atoms with van der Waals surface area (Å²) in [5.74, 6) is -0.286. The number of hydrogen-bond donors (Lipinski definition) is 1. The van der Waals surface area contributed by atoms with Crippen LogP contribution in [0.5, 0.6) is 5.75 Å². The molecule has 5 nitrogen and oxygen atoms in total. The molecule has 0 radical (unpaired) electrons. The van der Waals surface area contributed by atoms with Crippen LogP contribution in [0.1, 0.15) is 34.7 Å². The molecule has 1 aliphatic carbocycles. The molecule has 0 aromatic heterocycles. The van der Waals surface area contributed by atoms with Crippen molar-refractivity contribution in [2.75, 3.05) is 6.61 Å². The van der Waals surface area contributed by atoms with E-state index in [0.717, 1.165) is 34.4 Å². The number of ether oxygens (including phenoxy) is 2. The topological polar surface area (TPSA) is 64.6 Å². The molecule has 1 unspecified atom stereocenters. The summed E-state index contributed by atoms with van der Waals surface area (Å²) in [4.78, 5) is 26.4. The first-order valence-electron chi connectivity index (χ1n) is 13.8. The number of rotatable bonds is 9. The first kappa shape index (κ1) is 30.2. The SMILES string of the molecule is CCOC(=O)C1(NC(=O)Cc2ccc(OCc3ccc(C(F)(F)F)cc3)cc2)Cc2ccc(-c3ccc(Cl)cc3)cc2C1. The molecule has 1 N–H and O–H groups in total. The molecule has 9 heteroatoms. The first-order chi connectivity index (χ1) is 20.5. The first-order valence-corrected chi connectivity index (χ1v) is 14.2. The van der Waals surface area contributed by atoms with E-state index < -0.39 is 23.2 Å². The molecule has 222 valence electrons. The Balaban J connectivity index is 1.23. The molecule has 0 fully saturated rings. The predicted octanol–water partition coefficient (Wildman–Crippen LogP) is 7.36. The lowest BCUT2D eigenvalue weighted by molar-refractivity contribution is -0.153. The van der Waals surface area contributed by atoms with Gasteiger partial charge in [0.15, 0.2) is 0 Å². The summed E-state index contributed by atoms with van der Waals surface area (Å²) in [6.45, 7) is 2.02. The van der Waals surface area contributed by atoms with Crippen LogP contribution in [0.15, 0.2) is 91.0 Å². The van der Waals surface area contributed by atoms with Crippen molar-refractivity contribution in [1.29, 1.82) is 0 Å². The van der Waals surface area contributed by atoms with Gasteiger partial charge in [0.25, 0.3) is 0 Å². The van der Waals surface area contributed by atoms with Crippen molar-refractivity contribution in [3.63, 3.8) is 0 Å². The molecular formula is C34H29ClF3NO4. The Bertz CT molecular complexity index is 1600. The van der Waals surface area contributed by atoms with E-state index in [1.807, 2.05) is 42.5 Å². The Kier molecular flexibility index (Phi) is 8.78. The van der Waals surface area contributed by atoms with Crippen LogP contribution in [0, 0.1) is 0 Å². The predicted molar refractivity (Wildman–Crippen MR) is 158 cm³/mol. The van der Waals surface area contributed by atoms with Gasteiger partial charge in [-0.3, -0.25) is 4.79 Å². The third-order valence-corrected chi connectivity index (χ3v) is 7.64. The smallest absolute Gasteiger partial charge is 0.416 e. The fourth-order valence-corrected chi connectivity index (χ4v) is 5.33. The quantitative estimate of drug-likeness (QED) is 0.202. The van der Waals surface area contributed by atoms with Crippen LogP contribution in [0.4, 0.5) is 13.2 Å².